The van der Waals surface area contributed by atoms with E-state index in [2.05, 4.69) is 27.3 Å². The molecule has 1 N–H and O–H groups in total. The van der Waals surface area contributed by atoms with Gasteiger partial charge in [-0.3, -0.25) is 4.79 Å². The van der Waals surface area contributed by atoms with Crippen LogP contribution in [-0.4, -0.2) is 5.91 Å². The van der Waals surface area contributed by atoms with E-state index in [-0.39, 0.29) is 11.7 Å². The normalized spacial score (nSPS) is 10.3. The van der Waals surface area contributed by atoms with E-state index in [1.54, 1.807) is 6.07 Å². The molecular formula is C16H15BrFNO. The van der Waals surface area contributed by atoms with Crippen molar-refractivity contribution in [2.24, 2.45) is 0 Å². The lowest BCUT2D eigenvalue weighted by Crippen LogP contribution is -2.13. The van der Waals surface area contributed by atoms with E-state index in [4.69, 9.17) is 0 Å². The SMILES string of the molecule is Cc1cccc(CCC(=O)Nc2cc(F)ccc2Br)c1. The number of nitrogens with one attached hydrogen (secondary N) is 1. The topological polar surface area (TPSA) is 29.1 Å². The number of hydrogen-bond acceptors (Lipinski definition) is 1. The van der Waals surface area contributed by atoms with Crippen molar-refractivity contribution in [3.05, 3.63) is 63.9 Å². The number of carbonyl (C=O) groups is 1. The summed E-state index contributed by atoms with van der Waals surface area (Å²) in [4.78, 5) is 11.9. The van der Waals surface area contributed by atoms with Crippen LogP contribution in [0.1, 0.15) is 17.5 Å². The lowest BCUT2D eigenvalue weighted by atomic mass is 10.1. The Morgan fingerprint density at radius 3 is 2.80 bits per heavy atom. The number of amides is 1. The molecule has 2 nitrogen and oxygen atoms in total. The minimum Gasteiger partial charge on any atom is -0.325 e. The number of rotatable bonds is 4. The summed E-state index contributed by atoms with van der Waals surface area (Å²) in [5.74, 6) is -0.500. The van der Waals surface area contributed by atoms with Crippen LogP contribution in [0.5, 0.6) is 0 Å². The van der Waals surface area contributed by atoms with Crippen LogP contribution in [-0.2, 0) is 11.2 Å². The minimum absolute atomic E-state index is 0.127. The van der Waals surface area contributed by atoms with Gasteiger partial charge in [0.1, 0.15) is 5.82 Å². The molecule has 0 aliphatic rings. The van der Waals surface area contributed by atoms with Gasteiger partial charge in [0.25, 0.3) is 0 Å². The quantitative estimate of drug-likeness (QED) is 0.877. The van der Waals surface area contributed by atoms with Crippen molar-refractivity contribution in [2.75, 3.05) is 5.32 Å². The fourth-order valence-corrected chi connectivity index (χ4v) is 2.28. The van der Waals surface area contributed by atoms with Crippen molar-refractivity contribution in [3.8, 4) is 0 Å². The Kier molecular flexibility index (Phi) is 4.90. The molecule has 0 spiro atoms. The van der Waals surface area contributed by atoms with Gasteiger partial charge in [0.15, 0.2) is 0 Å². The van der Waals surface area contributed by atoms with Crippen LogP contribution < -0.4 is 5.32 Å². The molecule has 0 aliphatic heterocycles. The number of aryl methyl sites for hydroxylation is 2. The van der Waals surface area contributed by atoms with Crippen LogP contribution in [0, 0.1) is 12.7 Å². The van der Waals surface area contributed by atoms with E-state index in [1.165, 1.54) is 17.7 Å². The summed E-state index contributed by atoms with van der Waals surface area (Å²) in [5.41, 5.74) is 2.76. The van der Waals surface area contributed by atoms with Crippen LogP contribution in [0.3, 0.4) is 0 Å². The molecule has 2 rings (SSSR count). The fraction of sp³-hybridized carbons (Fsp3) is 0.188. The predicted molar refractivity (Wildman–Crippen MR) is 82.2 cm³/mol. The van der Waals surface area contributed by atoms with Gasteiger partial charge in [-0.25, -0.2) is 4.39 Å². The largest absolute Gasteiger partial charge is 0.325 e. The summed E-state index contributed by atoms with van der Waals surface area (Å²) in [6.45, 7) is 2.02. The van der Waals surface area contributed by atoms with Crippen LogP contribution >= 0.6 is 15.9 Å². The molecule has 0 heterocycles. The molecule has 0 fully saturated rings. The third-order valence-corrected chi connectivity index (χ3v) is 3.62. The van der Waals surface area contributed by atoms with E-state index in [9.17, 15) is 9.18 Å². The number of benzene rings is 2. The van der Waals surface area contributed by atoms with Crippen LogP contribution in [0.15, 0.2) is 46.9 Å². The molecule has 0 unspecified atom stereocenters. The van der Waals surface area contributed by atoms with Gasteiger partial charge < -0.3 is 5.32 Å². The summed E-state index contributed by atoms with van der Waals surface area (Å²) in [6.07, 6.45) is 1.03. The molecular weight excluding hydrogens is 321 g/mol. The van der Waals surface area contributed by atoms with E-state index in [0.717, 1.165) is 5.56 Å². The summed E-state index contributed by atoms with van der Waals surface area (Å²) in [7, 11) is 0. The van der Waals surface area contributed by atoms with Crippen molar-refractivity contribution in [1.82, 2.24) is 0 Å². The number of hydrogen-bond donors (Lipinski definition) is 1. The first kappa shape index (κ1) is 14.7. The van der Waals surface area contributed by atoms with Gasteiger partial charge >= 0.3 is 0 Å². The Morgan fingerprint density at radius 2 is 2.05 bits per heavy atom. The van der Waals surface area contributed by atoms with Gasteiger partial charge in [0.05, 0.1) is 5.69 Å². The van der Waals surface area contributed by atoms with Crippen molar-refractivity contribution < 1.29 is 9.18 Å². The molecule has 0 saturated carbocycles. The van der Waals surface area contributed by atoms with Crippen LogP contribution in [0.4, 0.5) is 10.1 Å². The Balaban J connectivity index is 1.94. The Labute approximate surface area is 126 Å². The van der Waals surface area contributed by atoms with E-state index in [1.807, 2.05) is 25.1 Å². The molecule has 0 radical (unpaired) electrons. The van der Waals surface area contributed by atoms with Crippen molar-refractivity contribution in [1.29, 1.82) is 0 Å². The fourth-order valence-electron chi connectivity index (χ4n) is 1.93. The van der Waals surface area contributed by atoms with Crippen molar-refractivity contribution >= 4 is 27.5 Å². The maximum atomic E-state index is 13.1. The number of anilines is 1. The predicted octanol–water partition coefficient (Wildman–Crippen LogP) is 4.47. The Bertz CT molecular complexity index is 628. The van der Waals surface area contributed by atoms with E-state index in [0.29, 0.717) is 23.0 Å². The second-order valence-corrected chi connectivity index (χ2v) is 5.52. The highest BCUT2D eigenvalue weighted by atomic mass is 79.9. The van der Waals surface area contributed by atoms with Crippen molar-refractivity contribution in [3.63, 3.8) is 0 Å². The molecule has 20 heavy (non-hydrogen) atoms. The van der Waals surface area contributed by atoms with Gasteiger partial charge in [-0.15, -0.1) is 0 Å². The standard InChI is InChI=1S/C16H15BrFNO/c1-11-3-2-4-12(9-11)5-8-16(20)19-15-10-13(18)6-7-14(15)17/h2-4,6-7,9-10H,5,8H2,1H3,(H,19,20). The van der Waals surface area contributed by atoms with E-state index >= 15 is 0 Å². The summed E-state index contributed by atoms with van der Waals surface area (Å²) in [6, 6.07) is 12.3. The highest BCUT2D eigenvalue weighted by Crippen LogP contribution is 2.23. The molecule has 4 heteroatoms. The Hall–Kier alpha value is -1.68. The molecule has 0 aliphatic carbocycles. The Morgan fingerprint density at radius 1 is 1.25 bits per heavy atom. The summed E-state index contributed by atoms with van der Waals surface area (Å²) in [5, 5.41) is 2.71. The zero-order chi connectivity index (χ0) is 14.5. The molecule has 2 aromatic carbocycles. The van der Waals surface area contributed by atoms with Gasteiger partial charge in [0.2, 0.25) is 5.91 Å². The van der Waals surface area contributed by atoms with Gasteiger partial charge in [0, 0.05) is 10.9 Å². The average Bonchev–Trinajstić information content (AvgIpc) is 2.41. The van der Waals surface area contributed by atoms with Gasteiger partial charge in [-0.05, 0) is 53.0 Å². The summed E-state index contributed by atoms with van der Waals surface area (Å²) >= 11 is 3.28. The van der Waals surface area contributed by atoms with Gasteiger partial charge in [-0.1, -0.05) is 29.8 Å². The smallest absolute Gasteiger partial charge is 0.224 e. The molecule has 0 saturated heterocycles. The molecule has 0 bridgehead atoms. The zero-order valence-electron chi connectivity index (χ0n) is 11.1. The molecule has 0 atom stereocenters. The van der Waals surface area contributed by atoms with Crippen molar-refractivity contribution in [2.45, 2.75) is 19.8 Å². The lowest BCUT2D eigenvalue weighted by molar-refractivity contribution is -0.116. The number of carbonyl (C=O) groups excluding carboxylic acids is 1. The third kappa shape index (κ3) is 4.17. The average molecular weight is 336 g/mol. The molecule has 0 aromatic heterocycles. The molecule has 2 aromatic rings. The minimum atomic E-state index is -0.373. The monoisotopic (exact) mass is 335 g/mol. The highest BCUT2D eigenvalue weighted by Gasteiger charge is 2.07. The second kappa shape index (κ2) is 6.66. The maximum Gasteiger partial charge on any atom is 0.224 e. The zero-order valence-corrected chi connectivity index (χ0v) is 12.7. The second-order valence-electron chi connectivity index (χ2n) is 4.66. The highest BCUT2D eigenvalue weighted by molar-refractivity contribution is 9.10. The first-order valence-electron chi connectivity index (χ1n) is 6.35. The first-order valence-corrected chi connectivity index (χ1v) is 7.14. The van der Waals surface area contributed by atoms with Crippen LogP contribution in [0.25, 0.3) is 0 Å². The number of halogens is 2. The summed E-state index contributed by atoms with van der Waals surface area (Å²) < 4.78 is 13.8. The molecule has 1 amide bonds. The first-order chi connectivity index (χ1) is 9.54. The maximum absolute atomic E-state index is 13.1. The molecule has 104 valence electrons. The van der Waals surface area contributed by atoms with E-state index < -0.39 is 0 Å². The van der Waals surface area contributed by atoms with Crippen LogP contribution in [0.2, 0.25) is 0 Å². The van der Waals surface area contributed by atoms with Gasteiger partial charge in [-0.2, -0.15) is 0 Å². The lowest BCUT2D eigenvalue weighted by Gasteiger charge is -2.08. The third-order valence-electron chi connectivity index (χ3n) is 2.93.